The van der Waals surface area contributed by atoms with Gasteiger partial charge in [0.25, 0.3) is 0 Å². The molecule has 1 aliphatic heterocycles. The Kier molecular flexibility index (Phi) is 4.51. The highest BCUT2D eigenvalue weighted by atomic mass is 16.3. The number of piperidine rings is 1. The van der Waals surface area contributed by atoms with Crippen molar-refractivity contribution in [3.63, 3.8) is 0 Å². The van der Waals surface area contributed by atoms with Gasteiger partial charge in [0.1, 0.15) is 0 Å². The molecule has 4 heteroatoms. The average molecular weight is 358 g/mol. The van der Waals surface area contributed by atoms with E-state index in [4.69, 9.17) is 6.85 Å². The van der Waals surface area contributed by atoms with Crippen molar-refractivity contribution in [3.05, 3.63) is 66.1 Å². The van der Waals surface area contributed by atoms with Gasteiger partial charge in [-0.05, 0) is 30.5 Å². The molecule has 0 radical (unpaired) electrons. The number of hydrogen-bond donors (Lipinski definition) is 1. The molecular formula is C22H28N2O2. The summed E-state index contributed by atoms with van der Waals surface area (Å²) in [6, 6.07) is 7.15. The Hall–Kier alpha value is -2.17. The fourth-order valence-corrected chi connectivity index (χ4v) is 3.43. The van der Waals surface area contributed by atoms with E-state index in [0.717, 1.165) is 5.56 Å². The summed E-state index contributed by atoms with van der Waals surface area (Å²) in [5, 5.41) is 10.5. The van der Waals surface area contributed by atoms with Gasteiger partial charge in [-0.1, -0.05) is 55.4 Å². The van der Waals surface area contributed by atoms with Gasteiger partial charge in [-0.3, -0.25) is 4.79 Å². The average Bonchev–Trinajstić information content (AvgIpc) is 2.80. The second kappa shape index (κ2) is 8.97. The number of nitrogens with zero attached hydrogens (tertiary/aromatic N) is 2. The van der Waals surface area contributed by atoms with E-state index in [0.29, 0.717) is 32.5 Å². The molecular weight excluding hydrogens is 324 g/mol. The van der Waals surface area contributed by atoms with E-state index in [1.54, 1.807) is 6.92 Å². The molecule has 2 aromatic rings. The second-order valence-electron chi connectivity index (χ2n) is 6.55. The molecule has 0 spiro atoms. The summed E-state index contributed by atoms with van der Waals surface area (Å²) in [7, 11) is 0. The molecule has 1 N–H and O–H groups in total. The first-order valence-corrected chi connectivity index (χ1v) is 9.10. The molecule has 0 saturated carbocycles. The van der Waals surface area contributed by atoms with Gasteiger partial charge in [0.15, 0.2) is 0 Å². The van der Waals surface area contributed by atoms with Crippen molar-refractivity contribution in [2.24, 2.45) is 0 Å². The Morgan fingerprint density at radius 1 is 1.23 bits per heavy atom. The molecule has 26 heavy (non-hydrogen) atoms. The lowest BCUT2D eigenvalue weighted by Gasteiger charge is -2.39. The molecule has 0 aromatic heterocycles. The van der Waals surface area contributed by atoms with Crippen molar-refractivity contribution in [2.45, 2.75) is 38.3 Å². The minimum Gasteiger partial charge on any atom is -0.387 e. The lowest BCUT2D eigenvalue weighted by atomic mass is 10.0. The smallest absolute Gasteiger partial charge is 0.226 e. The maximum atomic E-state index is 12.8. The van der Waals surface area contributed by atoms with E-state index in [2.05, 4.69) is 4.90 Å². The summed E-state index contributed by atoms with van der Waals surface area (Å²) in [6.45, 7) is 3.46. The minimum absolute atomic E-state index is 0.0411. The fraction of sp³-hybridized carbons (Fsp3) is 0.409. The maximum Gasteiger partial charge on any atom is 0.226 e. The Balaban J connectivity index is 1.79. The summed E-state index contributed by atoms with van der Waals surface area (Å²) >= 11 is 0. The zero-order valence-electron chi connectivity index (χ0n) is 20.0. The molecule has 138 valence electrons. The molecule has 2 aromatic carbocycles. The number of aliphatic hydroxyl groups is 1. The van der Waals surface area contributed by atoms with Crippen LogP contribution in [-0.4, -0.2) is 41.6 Å². The van der Waals surface area contributed by atoms with Crippen molar-refractivity contribution in [1.29, 1.82) is 0 Å². The van der Waals surface area contributed by atoms with Crippen molar-refractivity contribution in [2.75, 3.05) is 24.5 Å². The fourth-order valence-electron chi connectivity index (χ4n) is 3.43. The van der Waals surface area contributed by atoms with Gasteiger partial charge in [0.2, 0.25) is 5.91 Å². The van der Waals surface area contributed by atoms with E-state index in [1.165, 1.54) is 4.90 Å². The number of hydrogen-bond acceptors (Lipinski definition) is 3. The van der Waals surface area contributed by atoms with Crippen LogP contribution in [0.5, 0.6) is 0 Å². The number of amides is 1. The van der Waals surface area contributed by atoms with Gasteiger partial charge in [-0.25, -0.2) is 0 Å². The first-order valence-electron chi connectivity index (χ1n) is 11.6. The normalized spacial score (nSPS) is 19.7. The molecule has 4 nitrogen and oxygen atoms in total. The zero-order chi connectivity index (χ0) is 22.7. The van der Waals surface area contributed by atoms with Gasteiger partial charge in [-0.15, -0.1) is 0 Å². The molecule has 0 bridgehead atoms. The molecule has 1 atom stereocenters. The van der Waals surface area contributed by atoms with Crippen LogP contribution in [0.3, 0.4) is 0 Å². The monoisotopic (exact) mass is 357 g/mol. The van der Waals surface area contributed by atoms with Crippen LogP contribution in [0.2, 0.25) is 0 Å². The predicted octanol–water partition coefficient (Wildman–Crippen LogP) is 3.63. The second-order valence-corrected chi connectivity index (χ2v) is 6.55. The number of carbonyl (C=O) groups excluding carboxylic acids is 1. The van der Waals surface area contributed by atoms with Gasteiger partial charge >= 0.3 is 0 Å². The van der Waals surface area contributed by atoms with E-state index in [1.807, 2.05) is 30.3 Å². The summed E-state index contributed by atoms with van der Waals surface area (Å²) < 4.78 is 40.2. The quantitative estimate of drug-likeness (QED) is 0.859. The van der Waals surface area contributed by atoms with Gasteiger partial charge in [0, 0.05) is 37.8 Å². The third-order valence-electron chi connectivity index (χ3n) is 4.84. The highest BCUT2D eigenvalue weighted by Crippen LogP contribution is 2.25. The summed E-state index contributed by atoms with van der Waals surface area (Å²) in [6.07, 6.45) is 0.757. The molecule has 1 saturated heterocycles. The first-order chi connectivity index (χ1) is 14.8. The Bertz CT molecular complexity index is 904. The van der Waals surface area contributed by atoms with Crippen molar-refractivity contribution in [1.82, 2.24) is 4.90 Å². The van der Waals surface area contributed by atoms with E-state index < -0.39 is 24.2 Å². The van der Waals surface area contributed by atoms with Crippen LogP contribution in [0.4, 0.5) is 5.69 Å². The van der Waals surface area contributed by atoms with Crippen molar-refractivity contribution >= 4 is 11.6 Å². The molecule has 1 heterocycles. The standard InChI is InChI=1S/C22H28N2O2/c1-2-22(26)24(19-11-7-4-8-12-19)20-13-15-23(16-14-20)17-21(25)18-9-5-3-6-10-18/h3-12,20-21,25H,2,13-17H2,1H3/i4D,7D,8D,11D,12D. The summed E-state index contributed by atoms with van der Waals surface area (Å²) in [5.41, 5.74) is 0.812. The van der Waals surface area contributed by atoms with E-state index in [9.17, 15) is 9.90 Å². The summed E-state index contributed by atoms with van der Waals surface area (Å²) in [4.78, 5) is 16.3. The number of para-hydroxylation sites is 1. The molecule has 1 unspecified atom stereocenters. The number of aliphatic hydroxyl groups excluding tert-OH is 1. The molecule has 1 fully saturated rings. The summed E-state index contributed by atoms with van der Waals surface area (Å²) in [5.74, 6) is -0.263. The minimum atomic E-state index is -0.604. The van der Waals surface area contributed by atoms with Crippen LogP contribution >= 0.6 is 0 Å². The van der Waals surface area contributed by atoms with Crippen LogP contribution in [0.25, 0.3) is 0 Å². The first kappa shape index (κ1) is 13.1. The van der Waals surface area contributed by atoms with Gasteiger partial charge in [-0.2, -0.15) is 0 Å². The van der Waals surface area contributed by atoms with Crippen LogP contribution < -0.4 is 4.90 Å². The van der Waals surface area contributed by atoms with Crippen LogP contribution in [0, 0.1) is 0 Å². The number of carbonyl (C=O) groups is 1. The zero-order valence-corrected chi connectivity index (χ0v) is 15.0. The SMILES string of the molecule is [2H]c1c([2H])c([2H])c(N(C(=O)CC)C2CCN(CC(O)c3ccccc3)CC2)c([2H])c1[2H]. The van der Waals surface area contributed by atoms with E-state index in [-0.39, 0.29) is 36.1 Å². The highest BCUT2D eigenvalue weighted by molar-refractivity contribution is 5.93. The van der Waals surface area contributed by atoms with Crippen molar-refractivity contribution in [3.8, 4) is 0 Å². The molecule has 1 amide bonds. The Morgan fingerprint density at radius 2 is 1.88 bits per heavy atom. The van der Waals surface area contributed by atoms with Crippen LogP contribution in [-0.2, 0) is 4.79 Å². The maximum absolute atomic E-state index is 12.8. The third kappa shape index (κ3) is 4.51. The number of likely N-dealkylation sites (tertiary alicyclic amines) is 1. The van der Waals surface area contributed by atoms with Crippen molar-refractivity contribution < 1.29 is 16.8 Å². The largest absolute Gasteiger partial charge is 0.387 e. The number of rotatable bonds is 6. The third-order valence-corrected chi connectivity index (χ3v) is 4.84. The molecule has 1 aliphatic rings. The van der Waals surface area contributed by atoms with E-state index >= 15 is 0 Å². The number of benzene rings is 2. The number of β-amino-alcohol motifs (C(OH)–C–C–N with tert-alkyl or cyclic N) is 1. The Labute approximate surface area is 163 Å². The highest BCUT2D eigenvalue weighted by Gasteiger charge is 2.29. The number of anilines is 1. The van der Waals surface area contributed by atoms with Gasteiger partial charge in [0.05, 0.1) is 13.0 Å². The van der Waals surface area contributed by atoms with Crippen LogP contribution in [0.1, 0.15) is 44.7 Å². The molecule has 0 aliphatic carbocycles. The lowest BCUT2D eigenvalue weighted by molar-refractivity contribution is -0.119. The lowest BCUT2D eigenvalue weighted by Crippen LogP contribution is -2.48. The molecule has 3 rings (SSSR count). The predicted molar refractivity (Wildman–Crippen MR) is 105 cm³/mol. The van der Waals surface area contributed by atoms with Gasteiger partial charge < -0.3 is 14.9 Å². The Morgan fingerprint density at radius 3 is 2.50 bits per heavy atom. The topological polar surface area (TPSA) is 43.8 Å². The van der Waals surface area contributed by atoms with Crippen LogP contribution in [0.15, 0.2) is 60.5 Å².